The number of H-pyrrole nitrogens is 1. The molecule has 4 aromatic rings. The van der Waals surface area contributed by atoms with Gasteiger partial charge in [-0.3, -0.25) is 9.40 Å². The van der Waals surface area contributed by atoms with Crippen molar-refractivity contribution < 1.29 is 8.42 Å². The van der Waals surface area contributed by atoms with E-state index in [1.807, 2.05) is 37.3 Å². The second kappa shape index (κ2) is 6.24. The SMILES string of the molecule is Cc1nn(C)c(C)c1NS(=O)(=O)c1ccc2nc(-c3ccccc3)[nH]c2c1. The van der Waals surface area contributed by atoms with E-state index in [-0.39, 0.29) is 4.90 Å². The maximum atomic E-state index is 12.9. The van der Waals surface area contributed by atoms with Crippen molar-refractivity contribution in [2.75, 3.05) is 4.72 Å². The molecule has 0 fully saturated rings. The third kappa shape index (κ3) is 3.08. The molecule has 0 spiro atoms. The average Bonchev–Trinajstić information content (AvgIpc) is 3.18. The summed E-state index contributed by atoms with van der Waals surface area (Å²) in [6.45, 7) is 3.59. The summed E-state index contributed by atoms with van der Waals surface area (Å²) in [5.74, 6) is 0.701. The van der Waals surface area contributed by atoms with Gasteiger partial charge in [-0.2, -0.15) is 5.10 Å². The van der Waals surface area contributed by atoms with Gasteiger partial charge in [-0.25, -0.2) is 13.4 Å². The predicted octanol–water partition coefficient (Wildman–Crippen LogP) is 3.38. The monoisotopic (exact) mass is 381 g/mol. The zero-order chi connectivity index (χ0) is 19.2. The second-order valence-electron chi connectivity index (χ2n) is 6.41. The number of aromatic amines is 1. The minimum absolute atomic E-state index is 0.168. The van der Waals surface area contributed by atoms with Gasteiger partial charge >= 0.3 is 0 Å². The smallest absolute Gasteiger partial charge is 0.262 e. The van der Waals surface area contributed by atoms with E-state index in [1.54, 1.807) is 36.9 Å². The van der Waals surface area contributed by atoms with Crippen molar-refractivity contribution in [2.24, 2.45) is 7.05 Å². The summed E-state index contributed by atoms with van der Waals surface area (Å²) in [7, 11) is -1.96. The highest BCUT2D eigenvalue weighted by Gasteiger charge is 2.20. The summed E-state index contributed by atoms with van der Waals surface area (Å²) in [5.41, 5.74) is 4.21. The van der Waals surface area contributed by atoms with E-state index in [2.05, 4.69) is 19.8 Å². The molecule has 0 amide bonds. The molecule has 7 nitrogen and oxygen atoms in total. The number of aryl methyl sites for hydroxylation is 2. The minimum atomic E-state index is -3.74. The maximum Gasteiger partial charge on any atom is 0.262 e. The molecule has 0 aliphatic rings. The van der Waals surface area contributed by atoms with E-state index in [4.69, 9.17) is 0 Å². The standard InChI is InChI=1S/C19H19N5O2S/c1-12-18(13(2)24(3)22-12)23-27(25,26)15-9-10-16-17(11-15)21-19(20-16)14-7-5-4-6-8-14/h4-11,23H,1-3H3,(H,20,21). The first-order valence-corrected chi connectivity index (χ1v) is 9.92. The predicted molar refractivity (Wildman–Crippen MR) is 105 cm³/mol. The largest absolute Gasteiger partial charge is 0.338 e. The van der Waals surface area contributed by atoms with Gasteiger partial charge in [0.05, 0.1) is 33.0 Å². The first kappa shape index (κ1) is 17.3. The third-order valence-electron chi connectivity index (χ3n) is 4.56. The number of nitrogens with zero attached hydrogens (tertiary/aromatic N) is 3. The lowest BCUT2D eigenvalue weighted by molar-refractivity contribution is 0.601. The fraction of sp³-hybridized carbons (Fsp3) is 0.158. The van der Waals surface area contributed by atoms with Crippen molar-refractivity contribution in [1.29, 1.82) is 0 Å². The summed E-state index contributed by atoms with van der Waals surface area (Å²) in [6, 6.07) is 14.6. The molecule has 2 N–H and O–H groups in total. The number of sulfonamides is 1. The maximum absolute atomic E-state index is 12.9. The van der Waals surface area contributed by atoms with Crippen LogP contribution >= 0.6 is 0 Å². The van der Waals surface area contributed by atoms with Gasteiger partial charge in [0, 0.05) is 12.6 Å². The van der Waals surface area contributed by atoms with Crippen molar-refractivity contribution in [3.8, 4) is 11.4 Å². The minimum Gasteiger partial charge on any atom is -0.338 e. The molecule has 8 heteroatoms. The lowest BCUT2D eigenvalue weighted by Crippen LogP contribution is -2.14. The number of hydrogen-bond donors (Lipinski definition) is 2. The van der Waals surface area contributed by atoms with E-state index < -0.39 is 10.0 Å². The molecule has 27 heavy (non-hydrogen) atoms. The van der Waals surface area contributed by atoms with Crippen molar-refractivity contribution in [1.82, 2.24) is 19.7 Å². The van der Waals surface area contributed by atoms with Crippen LogP contribution in [0.2, 0.25) is 0 Å². The summed E-state index contributed by atoms with van der Waals surface area (Å²) in [4.78, 5) is 7.90. The molecule has 138 valence electrons. The molecule has 0 saturated carbocycles. The Hall–Kier alpha value is -3.13. The van der Waals surface area contributed by atoms with Crippen molar-refractivity contribution in [2.45, 2.75) is 18.7 Å². The lowest BCUT2D eigenvalue weighted by atomic mass is 10.2. The van der Waals surface area contributed by atoms with Crippen LogP contribution < -0.4 is 4.72 Å². The van der Waals surface area contributed by atoms with Gasteiger partial charge in [-0.1, -0.05) is 30.3 Å². The Labute approximate surface area is 157 Å². The van der Waals surface area contributed by atoms with Gasteiger partial charge in [0.1, 0.15) is 5.82 Å². The van der Waals surface area contributed by atoms with Crippen molar-refractivity contribution in [3.05, 3.63) is 59.9 Å². The van der Waals surface area contributed by atoms with E-state index >= 15 is 0 Å². The highest BCUT2D eigenvalue weighted by Crippen LogP contribution is 2.26. The van der Waals surface area contributed by atoms with Gasteiger partial charge < -0.3 is 4.98 Å². The summed E-state index contributed by atoms with van der Waals surface area (Å²) in [5, 5.41) is 4.25. The molecule has 0 aliphatic carbocycles. The number of hydrogen-bond acceptors (Lipinski definition) is 4. The van der Waals surface area contributed by atoms with Crippen LogP contribution in [0.1, 0.15) is 11.4 Å². The topological polar surface area (TPSA) is 92.7 Å². The Morgan fingerprint density at radius 2 is 1.81 bits per heavy atom. The van der Waals surface area contributed by atoms with Crippen LogP contribution in [0.15, 0.2) is 53.4 Å². The quantitative estimate of drug-likeness (QED) is 0.567. The van der Waals surface area contributed by atoms with Crippen molar-refractivity contribution >= 4 is 26.7 Å². The first-order chi connectivity index (χ1) is 12.8. The first-order valence-electron chi connectivity index (χ1n) is 8.43. The van der Waals surface area contributed by atoms with Gasteiger partial charge in [0.25, 0.3) is 10.0 Å². The molecule has 2 aromatic carbocycles. The van der Waals surface area contributed by atoms with Crippen LogP contribution in [-0.4, -0.2) is 28.2 Å². The Morgan fingerprint density at radius 3 is 2.48 bits per heavy atom. The summed E-state index contributed by atoms with van der Waals surface area (Å²) >= 11 is 0. The van der Waals surface area contributed by atoms with Crippen LogP contribution in [0.5, 0.6) is 0 Å². The third-order valence-corrected chi connectivity index (χ3v) is 5.90. The van der Waals surface area contributed by atoms with Crippen LogP contribution in [0.4, 0.5) is 5.69 Å². The van der Waals surface area contributed by atoms with Crippen LogP contribution in [-0.2, 0) is 17.1 Å². The number of fused-ring (bicyclic) bond motifs is 1. The zero-order valence-electron chi connectivity index (χ0n) is 15.2. The number of aromatic nitrogens is 4. The van der Waals surface area contributed by atoms with Gasteiger partial charge in [-0.15, -0.1) is 0 Å². The zero-order valence-corrected chi connectivity index (χ0v) is 16.0. The Morgan fingerprint density at radius 1 is 1.07 bits per heavy atom. The average molecular weight is 381 g/mol. The molecular formula is C19H19N5O2S. The number of anilines is 1. The van der Waals surface area contributed by atoms with Gasteiger partial charge in [0.15, 0.2) is 0 Å². The Kier molecular flexibility index (Phi) is 4.00. The lowest BCUT2D eigenvalue weighted by Gasteiger charge is -2.08. The molecule has 0 aliphatic heterocycles. The highest BCUT2D eigenvalue weighted by atomic mass is 32.2. The Balaban J connectivity index is 1.72. The van der Waals surface area contributed by atoms with Crippen LogP contribution in [0.3, 0.4) is 0 Å². The molecule has 4 rings (SSSR count). The highest BCUT2D eigenvalue weighted by molar-refractivity contribution is 7.92. The molecule has 0 bridgehead atoms. The Bertz CT molecular complexity index is 1240. The molecule has 2 aromatic heterocycles. The molecule has 0 unspecified atom stereocenters. The van der Waals surface area contributed by atoms with Gasteiger partial charge in [0.2, 0.25) is 0 Å². The molecule has 2 heterocycles. The number of benzene rings is 2. The molecule has 0 saturated heterocycles. The van der Waals surface area contributed by atoms with E-state index in [0.717, 1.165) is 11.3 Å². The molecule has 0 atom stereocenters. The number of nitrogens with one attached hydrogen (secondary N) is 2. The number of imidazole rings is 1. The summed E-state index contributed by atoms with van der Waals surface area (Å²) < 4.78 is 30.0. The van der Waals surface area contributed by atoms with Crippen LogP contribution in [0, 0.1) is 13.8 Å². The van der Waals surface area contributed by atoms with Crippen LogP contribution in [0.25, 0.3) is 22.4 Å². The molecule has 0 radical (unpaired) electrons. The van der Waals surface area contributed by atoms with E-state index in [9.17, 15) is 8.42 Å². The van der Waals surface area contributed by atoms with Gasteiger partial charge in [-0.05, 0) is 32.0 Å². The summed E-state index contributed by atoms with van der Waals surface area (Å²) in [6.07, 6.45) is 0. The molecular weight excluding hydrogens is 362 g/mol. The van der Waals surface area contributed by atoms with Crippen molar-refractivity contribution in [3.63, 3.8) is 0 Å². The van der Waals surface area contributed by atoms with E-state index in [0.29, 0.717) is 28.2 Å². The normalized spacial score (nSPS) is 11.8. The fourth-order valence-electron chi connectivity index (χ4n) is 3.00. The fourth-order valence-corrected chi connectivity index (χ4v) is 4.21. The van der Waals surface area contributed by atoms with E-state index in [1.165, 1.54) is 0 Å². The second-order valence-corrected chi connectivity index (χ2v) is 8.09. The number of rotatable bonds is 4.